The normalized spacial score (nSPS) is 11.6. The highest BCUT2D eigenvalue weighted by molar-refractivity contribution is 5.89. The summed E-state index contributed by atoms with van der Waals surface area (Å²) in [4.78, 5) is 36.4. The Kier molecular flexibility index (Phi) is 8.61. The SMILES string of the molecule is COc1ccc2cc(C(C)C(=O)OCOC(=O)c3ccc[n+](COC(=O)NC(C)C)c3)ccc2c1. The van der Waals surface area contributed by atoms with E-state index in [0.717, 1.165) is 22.1 Å². The van der Waals surface area contributed by atoms with Crippen LogP contribution in [0.15, 0.2) is 60.9 Å². The van der Waals surface area contributed by atoms with Crippen LogP contribution in [0.1, 0.15) is 42.6 Å². The highest BCUT2D eigenvalue weighted by atomic mass is 16.7. The van der Waals surface area contributed by atoms with Crippen LogP contribution < -0.4 is 14.6 Å². The van der Waals surface area contributed by atoms with Crippen molar-refractivity contribution in [2.75, 3.05) is 13.9 Å². The van der Waals surface area contributed by atoms with Crippen LogP contribution >= 0.6 is 0 Å². The summed E-state index contributed by atoms with van der Waals surface area (Å²) in [5.74, 6) is -0.981. The van der Waals surface area contributed by atoms with Crippen LogP contribution in [0.5, 0.6) is 5.75 Å². The Morgan fingerprint density at radius 2 is 1.69 bits per heavy atom. The summed E-state index contributed by atoms with van der Waals surface area (Å²) in [6.45, 7) is 4.76. The molecule has 9 heteroatoms. The number of nitrogens with one attached hydrogen (secondary N) is 1. The lowest BCUT2D eigenvalue weighted by Gasteiger charge is -2.13. The predicted molar refractivity (Wildman–Crippen MR) is 127 cm³/mol. The van der Waals surface area contributed by atoms with Crippen LogP contribution in [-0.2, 0) is 25.7 Å². The summed E-state index contributed by atoms with van der Waals surface area (Å²) < 4.78 is 22.1. The van der Waals surface area contributed by atoms with Crippen molar-refractivity contribution in [3.05, 3.63) is 72.1 Å². The molecule has 1 aromatic heterocycles. The van der Waals surface area contributed by atoms with Gasteiger partial charge in [0.05, 0.1) is 13.0 Å². The highest BCUT2D eigenvalue weighted by Gasteiger charge is 2.19. The molecule has 0 saturated heterocycles. The van der Waals surface area contributed by atoms with E-state index in [1.165, 1.54) is 10.8 Å². The molecule has 1 atom stereocenters. The highest BCUT2D eigenvalue weighted by Crippen LogP contribution is 2.25. The van der Waals surface area contributed by atoms with Gasteiger partial charge in [-0.05, 0) is 55.3 Å². The van der Waals surface area contributed by atoms with Gasteiger partial charge in [0.1, 0.15) is 11.3 Å². The van der Waals surface area contributed by atoms with E-state index >= 15 is 0 Å². The van der Waals surface area contributed by atoms with E-state index in [9.17, 15) is 14.4 Å². The molecule has 0 spiro atoms. The first kappa shape index (κ1) is 25.5. The first-order chi connectivity index (χ1) is 16.8. The van der Waals surface area contributed by atoms with Crippen molar-refractivity contribution >= 4 is 28.8 Å². The number of ether oxygens (including phenoxy) is 4. The number of hydrogen-bond acceptors (Lipinski definition) is 7. The van der Waals surface area contributed by atoms with E-state index < -0.39 is 30.7 Å². The second-order valence-corrected chi connectivity index (χ2v) is 8.17. The van der Waals surface area contributed by atoms with Gasteiger partial charge in [0.15, 0.2) is 12.4 Å². The van der Waals surface area contributed by atoms with Gasteiger partial charge in [0.25, 0.3) is 6.73 Å². The second kappa shape index (κ2) is 11.8. The standard InChI is InChI=1S/C26H28N2O7/c1-17(2)27-26(31)33-15-28-11-5-6-22(14-28)25(30)35-16-34-24(29)18(3)19-7-8-21-13-23(32-4)10-9-20(21)12-19/h5-14,17-18H,15-16H2,1-4H3/p+1. The third-order valence-corrected chi connectivity index (χ3v) is 5.16. The summed E-state index contributed by atoms with van der Waals surface area (Å²) in [6, 6.07) is 14.5. The number of nitrogens with zero attached hydrogens (tertiary/aromatic N) is 1. The zero-order valence-corrected chi connectivity index (χ0v) is 20.1. The first-order valence-electron chi connectivity index (χ1n) is 11.1. The minimum Gasteiger partial charge on any atom is -0.497 e. The minimum absolute atomic E-state index is 0.0513. The fraction of sp³-hybridized carbons (Fsp3) is 0.308. The zero-order chi connectivity index (χ0) is 25.4. The molecule has 1 N–H and O–H groups in total. The molecular weight excluding hydrogens is 452 g/mol. The van der Waals surface area contributed by atoms with Crippen LogP contribution in [0.25, 0.3) is 10.8 Å². The Morgan fingerprint density at radius 1 is 0.943 bits per heavy atom. The molecule has 0 saturated carbocycles. The van der Waals surface area contributed by atoms with Crippen molar-refractivity contribution in [1.82, 2.24) is 5.32 Å². The Labute approximate surface area is 203 Å². The molecule has 0 aliphatic heterocycles. The number of rotatable bonds is 9. The number of alkyl carbamates (subject to hydrolysis) is 1. The molecule has 1 unspecified atom stereocenters. The molecule has 0 radical (unpaired) electrons. The van der Waals surface area contributed by atoms with Crippen LogP contribution in [0, 0.1) is 0 Å². The largest absolute Gasteiger partial charge is 0.497 e. The molecule has 1 amide bonds. The Morgan fingerprint density at radius 3 is 2.43 bits per heavy atom. The van der Waals surface area contributed by atoms with E-state index in [0.29, 0.717) is 0 Å². The molecule has 0 aliphatic carbocycles. The summed E-state index contributed by atoms with van der Waals surface area (Å²) in [5.41, 5.74) is 0.999. The van der Waals surface area contributed by atoms with E-state index in [1.807, 2.05) is 50.2 Å². The number of carbonyl (C=O) groups excluding carboxylic acids is 3. The molecule has 35 heavy (non-hydrogen) atoms. The van der Waals surface area contributed by atoms with E-state index in [-0.39, 0.29) is 18.3 Å². The monoisotopic (exact) mass is 481 g/mol. The number of hydrogen-bond donors (Lipinski definition) is 1. The summed E-state index contributed by atoms with van der Waals surface area (Å²) in [6.07, 6.45) is 2.55. The maximum absolute atomic E-state index is 12.5. The van der Waals surface area contributed by atoms with Crippen molar-refractivity contribution < 1.29 is 37.9 Å². The number of pyridine rings is 1. The summed E-state index contributed by atoms with van der Waals surface area (Å²) >= 11 is 0. The first-order valence-corrected chi connectivity index (χ1v) is 11.1. The number of benzene rings is 2. The summed E-state index contributed by atoms with van der Waals surface area (Å²) in [5, 5.41) is 4.57. The Balaban J connectivity index is 1.51. The second-order valence-electron chi connectivity index (χ2n) is 8.17. The van der Waals surface area contributed by atoms with Crippen molar-refractivity contribution in [3.8, 4) is 5.75 Å². The van der Waals surface area contributed by atoms with Gasteiger partial charge in [-0.3, -0.25) is 4.79 Å². The third kappa shape index (κ3) is 7.17. The van der Waals surface area contributed by atoms with Gasteiger partial charge in [-0.2, -0.15) is 4.57 Å². The number of esters is 2. The molecule has 1 heterocycles. The van der Waals surface area contributed by atoms with Gasteiger partial charge in [-0.15, -0.1) is 0 Å². The molecule has 3 aromatic rings. The van der Waals surface area contributed by atoms with Gasteiger partial charge >= 0.3 is 18.0 Å². The lowest BCUT2D eigenvalue weighted by Crippen LogP contribution is -2.40. The fourth-order valence-electron chi connectivity index (χ4n) is 3.26. The lowest BCUT2D eigenvalue weighted by molar-refractivity contribution is -0.727. The average molecular weight is 482 g/mol. The lowest BCUT2D eigenvalue weighted by atomic mass is 9.98. The molecule has 0 aliphatic rings. The predicted octanol–water partition coefficient (Wildman–Crippen LogP) is 3.69. The van der Waals surface area contributed by atoms with E-state index in [2.05, 4.69) is 5.32 Å². The van der Waals surface area contributed by atoms with Gasteiger partial charge in [-0.1, -0.05) is 24.3 Å². The number of fused-ring (bicyclic) bond motifs is 1. The van der Waals surface area contributed by atoms with Gasteiger partial charge in [-0.25, -0.2) is 9.59 Å². The third-order valence-electron chi connectivity index (χ3n) is 5.16. The van der Waals surface area contributed by atoms with Gasteiger partial charge in [0, 0.05) is 12.1 Å². The van der Waals surface area contributed by atoms with Crippen LogP contribution in [0.4, 0.5) is 4.79 Å². The maximum Gasteiger partial charge on any atom is 0.412 e. The van der Waals surface area contributed by atoms with Crippen molar-refractivity contribution in [1.29, 1.82) is 0 Å². The number of amides is 1. The molecule has 9 nitrogen and oxygen atoms in total. The van der Waals surface area contributed by atoms with Crippen LogP contribution in [-0.4, -0.2) is 38.0 Å². The Hall–Kier alpha value is -4.14. The molecular formula is C26H29N2O7+. The number of aromatic nitrogens is 1. The van der Waals surface area contributed by atoms with E-state index in [4.69, 9.17) is 18.9 Å². The van der Waals surface area contributed by atoms with Gasteiger partial charge < -0.3 is 24.3 Å². The average Bonchev–Trinajstić information content (AvgIpc) is 2.86. The zero-order valence-electron chi connectivity index (χ0n) is 20.1. The van der Waals surface area contributed by atoms with Gasteiger partial charge in [0.2, 0.25) is 6.79 Å². The molecule has 3 rings (SSSR count). The van der Waals surface area contributed by atoms with Crippen LogP contribution in [0.2, 0.25) is 0 Å². The van der Waals surface area contributed by atoms with Crippen molar-refractivity contribution in [2.24, 2.45) is 0 Å². The number of methoxy groups -OCH3 is 1. The Bertz CT molecular complexity index is 1210. The maximum atomic E-state index is 12.5. The van der Waals surface area contributed by atoms with Crippen molar-refractivity contribution in [3.63, 3.8) is 0 Å². The number of carbonyl (C=O) groups is 3. The fourth-order valence-corrected chi connectivity index (χ4v) is 3.26. The topological polar surface area (TPSA) is 104 Å². The molecule has 0 fully saturated rings. The van der Waals surface area contributed by atoms with Crippen molar-refractivity contribution in [2.45, 2.75) is 39.5 Å². The minimum atomic E-state index is -0.675. The molecule has 0 bridgehead atoms. The summed E-state index contributed by atoms with van der Waals surface area (Å²) in [7, 11) is 1.61. The molecule has 2 aromatic carbocycles. The molecule has 184 valence electrons. The smallest absolute Gasteiger partial charge is 0.412 e. The van der Waals surface area contributed by atoms with E-state index in [1.54, 1.807) is 32.4 Å². The quantitative estimate of drug-likeness (QED) is 0.282. The van der Waals surface area contributed by atoms with Crippen LogP contribution in [0.3, 0.4) is 0 Å².